The van der Waals surface area contributed by atoms with Crippen molar-refractivity contribution in [2.24, 2.45) is 17.4 Å². The molecule has 4 rings (SSSR count). The molecule has 2 atom stereocenters. The number of nitrogens with one attached hydrogen (secondary N) is 1. The molecule has 0 aromatic heterocycles. The van der Waals surface area contributed by atoms with Gasteiger partial charge in [-0.15, -0.1) is 0 Å². The zero-order valence-corrected chi connectivity index (χ0v) is 20.9. The van der Waals surface area contributed by atoms with Gasteiger partial charge in [0.15, 0.2) is 0 Å². The second-order valence-electron chi connectivity index (χ2n) is 9.78. The largest absolute Gasteiger partial charge is 0.405 e. The first-order valence-electron chi connectivity index (χ1n) is 12.8. The third-order valence-corrected chi connectivity index (χ3v) is 8.45. The van der Waals surface area contributed by atoms with Crippen LogP contribution in [0.25, 0.3) is 0 Å². The predicted molar refractivity (Wildman–Crippen MR) is 138 cm³/mol. The van der Waals surface area contributed by atoms with Crippen LogP contribution in [0.3, 0.4) is 0 Å². The standard InChI is InChI=1S/C26H40FN5OS/c27-23-6-3-5-21(17-23)20-8-10-24(11-9-20)33-19-22-18-31(26(29)7-4-13-28)16-12-25(22)30-34-32-14-1-2-15-32/h3-7,13,17,20,22,24-25,30H,1-2,8-12,14-16,18-19,28-29H2/b13-4-,26-7+. The van der Waals surface area contributed by atoms with Gasteiger partial charge < -0.3 is 21.1 Å². The lowest BCUT2D eigenvalue weighted by atomic mass is 9.82. The Morgan fingerprint density at radius 3 is 2.68 bits per heavy atom. The van der Waals surface area contributed by atoms with Gasteiger partial charge in [0.2, 0.25) is 0 Å². The summed E-state index contributed by atoms with van der Waals surface area (Å²) in [4.78, 5) is 2.24. The Kier molecular flexibility index (Phi) is 9.56. The molecule has 1 aromatic rings. The normalized spacial score (nSPS) is 29.2. The molecule has 2 saturated heterocycles. The van der Waals surface area contributed by atoms with Crippen molar-refractivity contribution in [3.8, 4) is 0 Å². The van der Waals surface area contributed by atoms with E-state index >= 15 is 0 Å². The highest BCUT2D eigenvalue weighted by Crippen LogP contribution is 2.35. The van der Waals surface area contributed by atoms with Crippen molar-refractivity contribution in [2.75, 3.05) is 32.8 Å². The summed E-state index contributed by atoms with van der Waals surface area (Å²) < 4.78 is 26.3. The zero-order chi connectivity index (χ0) is 23.8. The van der Waals surface area contributed by atoms with Crippen LogP contribution in [0.4, 0.5) is 4.39 Å². The average molecular weight is 490 g/mol. The van der Waals surface area contributed by atoms with Crippen LogP contribution in [0.5, 0.6) is 0 Å². The van der Waals surface area contributed by atoms with Crippen LogP contribution in [0.1, 0.15) is 56.4 Å². The smallest absolute Gasteiger partial charge is 0.123 e. The van der Waals surface area contributed by atoms with Crippen molar-refractivity contribution < 1.29 is 9.13 Å². The molecule has 0 radical (unpaired) electrons. The molecule has 2 aliphatic heterocycles. The highest BCUT2D eigenvalue weighted by Gasteiger charge is 2.32. The summed E-state index contributed by atoms with van der Waals surface area (Å²) in [5.41, 5.74) is 12.9. The second kappa shape index (κ2) is 12.8. The molecule has 5 N–H and O–H groups in total. The molecule has 3 fully saturated rings. The number of ether oxygens (including phenoxy) is 1. The van der Waals surface area contributed by atoms with Gasteiger partial charge in [-0.1, -0.05) is 12.1 Å². The molecule has 0 amide bonds. The van der Waals surface area contributed by atoms with Crippen LogP contribution in [-0.4, -0.2) is 54.1 Å². The average Bonchev–Trinajstić information content (AvgIpc) is 3.39. The van der Waals surface area contributed by atoms with E-state index in [4.69, 9.17) is 16.2 Å². The third kappa shape index (κ3) is 7.13. The molecule has 188 valence electrons. The van der Waals surface area contributed by atoms with Crippen molar-refractivity contribution in [1.82, 2.24) is 13.9 Å². The number of halogens is 1. The molecule has 34 heavy (non-hydrogen) atoms. The number of nitrogens with zero attached hydrogens (tertiary/aromatic N) is 2. The monoisotopic (exact) mass is 489 g/mol. The molecule has 2 heterocycles. The van der Waals surface area contributed by atoms with Crippen LogP contribution < -0.4 is 16.2 Å². The highest BCUT2D eigenvalue weighted by atomic mass is 32.2. The molecule has 1 aromatic carbocycles. The maximum Gasteiger partial charge on any atom is 0.123 e. The first-order valence-corrected chi connectivity index (χ1v) is 13.5. The number of piperidine rings is 1. The van der Waals surface area contributed by atoms with Gasteiger partial charge >= 0.3 is 0 Å². The molecule has 1 aliphatic carbocycles. The molecule has 1 saturated carbocycles. The molecule has 3 aliphatic rings. The maximum absolute atomic E-state index is 13.6. The Balaban J connectivity index is 1.30. The molecule has 6 nitrogen and oxygen atoms in total. The van der Waals surface area contributed by atoms with Crippen molar-refractivity contribution in [1.29, 1.82) is 0 Å². The fourth-order valence-electron chi connectivity index (χ4n) is 5.35. The van der Waals surface area contributed by atoms with Gasteiger partial charge in [-0.25, -0.2) is 13.4 Å². The van der Waals surface area contributed by atoms with E-state index in [0.29, 0.717) is 17.9 Å². The number of nitrogens with two attached hydrogens (primary N) is 2. The van der Waals surface area contributed by atoms with Gasteiger partial charge in [-0.3, -0.25) is 0 Å². The Morgan fingerprint density at radius 2 is 1.94 bits per heavy atom. The minimum Gasteiger partial charge on any atom is -0.405 e. The molecular weight excluding hydrogens is 449 g/mol. The number of allylic oxidation sites excluding steroid dienone is 2. The van der Waals surface area contributed by atoms with Crippen LogP contribution in [0.15, 0.2) is 48.4 Å². The first-order chi connectivity index (χ1) is 16.6. The van der Waals surface area contributed by atoms with E-state index in [1.54, 1.807) is 24.3 Å². The van der Waals surface area contributed by atoms with E-state index in [1.165, 1.54) is 25.1 Å². The van der Waals surface area contributed by atoms with Gasteiger partial charge in [-0.05, 0) is 86.9 Å². The molecule has 8 heteroatoms. The number of rotatable bonds is 9. The van der Waals surface area contributed by atoms with Crippen molar-refractivity contribution >= 4 is 12.1 Å². The van der Waals surface area contributed by atoms with Gasteiger partial charge in [0.05, 0.1) is 18.5 Å². The van der Waals surface area contributed by atoms with E-state index in [2.05, 4.69) is 20.0 Å². The van der Waals surface area contributed by atoms with E-state index in [-0.39, 0.29) is 11.9 Å². The number of likely N-dealkylation sites (tertiary alicyclic amines) is 1. The zero-order valence-electron chi connectivity index (χ0n) is 20.1. The number of benzene rings is 1. The van der Waals surface area contributed by atoms with E-state index in [1.807, 2.05) is 12.1 Å². The van der Waals surface area contributed by atoms with Crippen molar-refractivity contribution in [3.63, 3.8) is 0 Å². The fourth-order valence-corrected chi connectivity index (χ4v) is 6.39. The van der Waals surface area contributed by atoms with Crippen LogP contribution in [-0.2, 0) is 4.74 Å². The Morgan fingerprint density at radius 1 is 1.15 bits per heavy atom. The predicted octanol–water partition coefficient (Wildman–Crippen LogP) is 4.08. The lowest BCUT2D eigenvalue weighted by Crippen LogP contribution is -2.50. The summed E-state index contributed by atoms with van der Waals surface area (Å²) in [5.74, 6) is 1.41. The summed E-state index contributed by atoms with van der Waals surface area (Å²) in [5, 5.41) is 0. The summed E-state index contributed by atoms with van der Waals surface area (Å²) in [6.07, 6.45) is 13.2. The Bertz CT molecular complexity index is 823. The van der Waals surface area contributed by atoms with Crippen LogP contribution in [0.2, 0.25) is 0 Å². The lowest BCUT2D eigenvalue weighted by Gasteiger charge is -2.41. The summed E-state index contributed by atoms with van der Waals surface area (Å²) in [6.45, 7) is 4.84. The van der Waals surface area contributed by atoms with Crippen molar-refractivity contribution in [3.05, 3.63) is 59.8 Å². The third-order valence-electron chi connectivity index (χ3n) is 7.42. The maximum atomic E-state index is 13.6. The van der Waals surface area contributed by atoms with Gasteiger partial charge in [0.1, 0.15) is 5.82 Å². The fraction of sp³-hybridized carbons (Fsp3) is 0.615. The van der Waals surface area contributed by atoms with Crippen LogP contribution in [0, 0.1) is 11.7 Å². The number of hydrogen-bond acceptors (Lipinski definition) is 7. The molecule has 0 spiro atoms. The summed E-state index contributed by atoms with van der Waals surface area (Å²) in [7, 11) is 0. The SMILES string of the molecule is N/C=C\C=C(/N)N1CCC(NSN2CCCC2)C(COC2CCC(c3cccc(F)c3)CC2)C1. The minimum absolute atomic E-state index is 0.140. The highest BCUT2D eigenvalue weighted by molar-refractivity contribution is 7.95. The molecule has 0 bridgehead atoms. The Labute approximate surface area is 208 Å². The molecule has 2 unspecified atom stereocenters. The number of hydrogen-bond donors (Lipinski definition) is 3. The van der Waals surface area contributed by atoms with Gasteiger partial charge in [-0.2, -0.15) is 0 Å². The van der Waals surface area contributed by atoms with Crippen LogP contribution >= 0.6 is 12.1 Å². The minimum atomic E-state index is -0.140. The van der Waals surface area contributed by atoms with Gasteiger partial charge in [0, 0.05) is 50.3 Å². The second-order valence-corrected chi connectivity index (χ2v) is 10.7. The van der Waals surface area contributed by atoms with E-state index in [0.717, 1.165) is 76.3 Å². The van der Waals surface area contributed by atoms with Gasteiger partial charge in [0.25, 0.3) is 0 Å². The van der Waals surface area contributed by atoms with E-state index < -0.39 is 0 Å². The Hall–Kier alpha value is -1.74. The lowest BCUT2D eigenvalue weighted by molar-refractivity contribution is -0.0135. The van der Waals surface area contributed by atoms with E-state index in [9.17, 15) is 4.39 Å². The topological polar surface area (TPSA) is 79.8 Å². The first kappa shape index (κ1) is 25.4. The van der Waals surface area contributed by atoms with Crippen molar-refractivity contribution in [2.45, 2.75) is 63.0 Å². The quantitative estimate of drug-likeness (QED) is 0.356. The summed E-state index contributed by atoms with van der Waals surface area (Å²) in [6, 6.07) is 7.47. The molecular formula is C26H40FN5OS. The summed E-state index contributed by atoms with van der Waals surface area (Å²) >= 11 is 1.78.